The molecule has 33 heavy (non-hydrogen) atoms. The third-order valence-electron chi connectivity index (χ3n) is 4.94. The number of sulfonamides is 1. The molecule has 0 aliphatic rings. The van der Waals surface area contributed by atoms with Gasteiger partial charge >= 0.3 is 6.18 Å². The summed E-state index contributed by atoms with van der Waals surface area (Å²) in [5.41, 5.74) is 0.257. The van der Waals surface area contributed by atoms with Crippen LogP contribution in [-0.4, -0.2) is 20.9 Å². The van der Waals surface area contributed by atoms with Crippen LogP contribution in [0.2, 0.25) is 0 Å². The molecule has 1 amide bonds. The van der Waals surface area contributed by atoms with Crippen LogP contribution in [0.4, 0.5) is 24.5 Å². The fraction of sp³-hybridized carbons (Fsp3) is 0.208. The molecule has 0 spiro atoms. The van der Waals surface area contributed by atoms with Gasteiger partial charge in [-0.05, 0) is 53.9 Å². The summed E-state index contributed by atoms with van der Waals surface area (Å²) >= 11 is 0. The average Bonchev–Trinajstić information content (AvgIpc) is 2.77. The van der Waals surface area contributed by atoms with Crippen molar-refractivity contribution in [2.75, 3.05) is 16.2 Å². The summed E-state index contributed by atoms with van der Waals surface area (Å²) in [6, 6.07) is 18.5. The van der Waals surface area contributed by atoms with E-state index in [1.807, 2.05) is 13.8 Å². The van der Waals surface area contributed by atoms with Gasteiger partial charge in [0.2, 0.25) is 5.91 Å². The van der Waals surface area contributed by atoms with E-state index in [0.717, 1.165) is 22.0 Å². The molecule has 0 saturated heterocycles. The average molecular weight is 477 g/mol. The van der Waals surface area contributed by atoms with Crippen molar-refractivity contribution in [2.45, 2.75) is 30.8 Å². The van der Waals surface area contributed by atoms with Crippen LogP contribution in [0.3, 0.4) is 0 Å². The van der Waals surface area contributed by atoms with Gasteiger partial charge in [0, 0.05) is 5.69 Å². The van der Waals surface area contributed by atoms with Crippen LogP contribution in [-0.2, 0) is 21.0 Å². The third-order valence-corrected chi connectivity index (χ3v) is 6.73. The summed E-state index contributed by atoms with van der Waals surface area (Å²) in [7, 11) is -4.11. The zero-order chi connectivity index (χ0) is 24.2. The standard InChI is InChI=1S/C24H23F3N2O3S/c1-17(2)18-11-13-21(14-12-18)29(33(31,32)22-9-4-3-5-10-22)16-23(30)28-20-8-6-7-19(15-20)24(25,26)27/h3-15,17H,16H2,1-2H3,(H,28,30). The molecule has 0 unspecified atom stereocenters. The summed E-state index contributed by atoms with van der Waals surface area (Å²) in [5, 5.41) is 2.36. The van der Waals surface area contributed by atoms with Crippen molar-refractivity contribution in [3.8, 4) is 0 Å². The van der Waals surface area contributed by atoms with E-state index in [2.05, 4.69) is 5.32 Å². The molecule has 0 saturated carbocycles. The smallest absolute Gasteiger partial charge is 0.325 e. The maximum Gasteiger partial charge on any atom is 0.416 e. The van der Waals surface area contributed by atoms with Gasteiger partial charge in [0.15, 0.2) is 0 Å². The lowest BCUT2D eigenvalue weighted by Crippen LogP contribution is -2.38. The number of halogens is 3. The van der Waals surface area contributed by atoms with Gasteiger partial charge in [-0.2, -0.15) is 13.2 Å². The molecule has 5 nitrogen and oxygen atoms in total. The first-order valence-corrected chi connectivity index (χ1v) is 11.6. The molecule has 3 rings (SSSR count). The van der Waals surface area contributed by atoms with E-state index in [4.69, 9.17) is 0 Å². The number of nitrogens with one attached hydrogen (secondary N) is 1. The predicted octanol–water partition coefficient (Wildman–Crippen LogP) is 5.66. The first-order valence-electron chi connectivity index (χ1n) is 10.1. The number of carbonyl (C=O) groups excluding carboxylic acids is 1. The van der Waals surface area contributed by atoms with Crippen LogP contribution in [0.15, 0.2) is 83.8 Å². The Morgan fingerprint density at radius 2 is 1.58 bits per heavy atom. The number of nitrogens with zero attached hydrogens (tertiary/aromatic N) is 1. The second kappa shape index (κ2) is 9.66. The molecular weight excluding hydrogens is 453 g/mol. The molecule has 1 N–H and O–H groups in total. The minimum Gasteiger partial charge on any atom is -0.325 e. The molecule has 0 bridgehead atoms. The van der Waals surface area contributed by atoms with Gasteiger partial charge in [0.1, 0.15) is 6.54 Å². The van der Waals surface area contributed by atoms with E-state index in [1.54, 1.807) is 42.5 Å². The van der Waals surface area contributed by atoms with Crippen molar-refractivity contribution < 1.29 is 26.4 Å². The number of carbonyl (C=O) groups is 1. The summed E-state index contributed by atoms with van der Waals surface area (Å²) in [6.07, 6.45) is -4.57. The Labute approximate surface area is 190 Å². The van der Waals surface area contributed by atoms with E-state index < -0.39 is 34.2 Å². The van der Waals surface area contributed by atoms with Gasteiger partial charge in [-0.1, -0.05) is 50.2 Å². The molecule has 3 aromatic carbocycles. The number of alkyl halides is 3. The largest absolute Gasteiger partial charge is 0.416 e. The van der Waals surface area contributed by atoms with Crippen molar-refractivity contribution >= 4 is 27.3 Å². The van der Waals surface area contributed by atoms with Crippen molar-refractivity contribution in [3.63, 3.8) is 0 Å². The monoisotopic (exact) mass is 476 g/mol. The Hall–Kier alpha value is -3.33. The van der Waals surface area contributed by atoms with Gasteiger partial charge in [-0.3, -0.25) is 9.10 Å². The Bertz CT molecular complexity index is 1210. The first kappa shape index (κ1) is 24.3. The van der Waals surface area contributed by atoms with Crippen LogP contribution in [0.25, 0.3) is 0 Å². The van der Waals surface area contributed by atoms with Crippen molar-refractivity contribution in [2.24, 2.45) is 0 Å². The fourth-order valence-electron chi connectivity index (χ4n) is 3.16. The predicted molar refractivity (Wildman–Crippen MR) is 122 cm³/mol. The third kappa shape index (κ3) is 5.92. The van der Waals surface area contributed by atoms with Crippen molar-refractivity contribution in [1.29, 1.82) is 0 Å². The van der Waals surface area contributed by atoms with E-state index >= 15 is 0 Å². The van der Waals surface area contributed by atoms with Gasteiger partial charge in [-0.25, -0.2) is 8.42 Å². The van der Waals surface area contributed by atoms with E-state index in [9.17, 15) is 26.4 Å². The molecule has 0 fully saturated rings. The second-order valence-electron chi connectivity index (χ2n) is 7.70. The van der Waals surface area contributed by atoms with Gasteiger partial charge in [0.25, 0.3) is 10.0 Å². The Morgan fingerprint density at radius 1 is 0.939 bits per heavy atom. The molecule has 0 heterocycles. The highest BCUT2D eigenvalue weighted by Gasteiger charge is 2.31. The van der Waals surface area contributed by atoms with E-state index in [0.29, 0.717) is 0 Å². The van der Waals surface area contributed by atoms with Gasteiger partial charge in [-0.15, -0.1) is 0 Å². The van der Waals surface area contributed by atoms with Gasteiger partial charge in [0.05, 0.1) is 16.1 Å². The maximum absolute atomic E-state index is 13.3. The molecule has 0 aromatic heterocycles. The quantitative estimate of drug-likeness (QED) is 0.478. The van der Waals surface area contributed by atoms with Crippen molar-refractivity contribution in [3.05, 3.63) is 90.0 Å². The second-order valence-corrected chi connectivity index (χ2v) is 9.56. The lowest BCUT2D eigenvalue weighted by atomic mass is 10.0. The number of rotatable bonds is 7. The lowest BCUT2D eigenvalue weighted by Gasteiger charge is -2.24. The number of anilines is 2. The Balaban J connectivity index is 1.92. The molecule has 9 heteroatoms. The zero-order valence-electron chi connectivity index (χ0n) is 18.0. The van der Waals surface area contributed by atoms with Gasteiger partial charge < -0.3 is 5.32 Å². The topological polar surface area (TPSA) is 66.5 Å². The number of hydrogen-bond acceptors (Lipinski definition) is 3. The highest BCUT2D eigenvalue weighted by Crippen LogP contribution is 2.31. The molecule has 174 valence electrons. The summed E-state index contributed by atoms with van der Waals surface area (Å²) < 4.78 is 66.5. The van der Waals surface area contributed by atoms with Crippen LogP contribution >= 0.6 is 0 Å². The number of amides is 1. The molecule has 0 aliphatic carbocycles. The summed E-state index contributed by atoms with van der Waals surface area (Å²) in [4.78, 5) is 12.7. The molecule has 0 atom stereocenters. The maximum atomic E-state index is 13.3. The number of hydrogen-bond donors (Lipinski definition) is 1. The Morgan fingerprint density at radius 3 is 2.15 bits per heavy atom. The zero-order valence-corrected chi connectivity index (χ0v) is 18.8. The normalized spacial score (nSPS) is 11.9. The lowest BCUT2D eigenvalue weighted by molar-refractivity contribution is -0.137. The van der Waals surface area contributed by atoms with Crippen LogP contribution in [0, 0.1) is 0 Å². The van der Waals surface area contributed by atoms with Crippen LogP contribution in [0.5, 0.6) is 0 Å². The molecule has 0 radical (unpaired) electrons. The first-order chi connectivity index (χ1) is 15.5. The highest BCUT2D eigenvalue weighted by atomic mass is 32.2. The van der Waals surface area contributed by atoms with Crippen molar-refractivity contribution in [1.82, 2.24) is 0 Å². The molecule has 3 aromatic rings. The highest BCUT2D eigenvalue weighted by molar-refractivity contribution is 7.92. The number of benzene rings is 3. The molecular formula is C24H23F3N2O3S. The summed E-state index contributed by atoms with van der Waals surface area (Å²) in [6.45, 7) is 3.38. The molecule has 0 aliphatic heterocycles. The minimum atomic E-state index is -4.57. The summed E-state index contributed by atoms with van der Waals surface area (Å²) in [5.74, 6) is -0.552. The fourth-order valence-corrected chi connectivity index (χ4v) is 4.61. The van der Waals surface area contributed by atoms with E-state index in [-0.39, 0.29) is 22.2 Å². The van der Waals surface area contributed by atoms with E-state index in [1.165, 1.54) is 24.3 Å². The Kier molecular flexibility index (Phi) is 7.12. The minimum absolute atomic E-state index is 0.00944. The van der Waals surface area contributed by atoms with Crippen LogP contribution in [0.1, 0.15) is 30.9 Å². The van der Waals surface area contributed by atoms with Crippen LogP contribution < -0.4 is 9.62 Å². The SMILES string of the molecule is CC(C)c1ccc(N(CC(=O)Nc2cccc(C(F)(F)F)c2)S(=O)(=O)c2ccccc2)cc1.